The molecule has 0 unspecified atom stereocenters. The molecule has 0 fully saturated rings. The second-order valence-electron chi connectivity index (χ2n) is 7.70. The van der Waals surface area contributed by atoms with E-state index in [1.807, 2.05) is 6.92 Å². The maximum atomic E-state index is 12.8. The fourth-order valence-corrected chi connectivity index (χ4v) is 4.88. The van der Waals surface area contributed by atoms with E-state index >= 15 is 0 Å². The monoisotopic (exact) mass is 421 g/mol. The minimum atomic E-state index is -3.74. The Morgan fingerprint density at radius 2 is 1.73 bits per heavy atom. The van der Waals surface area contributed by atoms with Crippen molar-refractivity contribution in [3.05, 3.63) is 89.2 Å². The molecular formula is C23H23N3O3S. The summed E-state index contributed by atoms with van der Waals surface area (Å²) >= 11 is 0. The van der Waals surface area contributed by atoms with Crippen molar-refractivity contribution in [1.82, 2.24) is 10.3 Å². The molecule has 4 rings (SSSR count). The van der Waals surface area contributed by atoms with Crippen molar-refractivity contribution >= 4 is 21.6 Å². The van der Waals surface area contributed by atoms with Gasteiger partial charge < -0.3 is 5.32 Å². The Bertz CT molecular complexity index is 1180. The number of nitrogens with zero attached hydrogens (tertiary/aromatic N) is 1. The number of benzene rings is 2. The molecule has 6 nitrogen and oxygen atoms in total. The van der Waals surface area contributed by atoms with E-state index in [1.54, 1.807) is 12.1 Å². The first-order valence-electron chi connectivity index (χ1n) is 9.77. The maximum Gasteiger partial charge on any atom is 0.261 e. The molecule has 2 atom stereocenters. The Morgan fingerprint density at radius 3 is 2.43 bits per heavy atom. The summed E-state index contributed by atoms with van der Waals surface area (Å²) in [6, 6.07) is 15.4. The molecule has 1 amide bonds. The average Bonchev–Trinajstić information content (AvgIpc) is 3.03. The average molecular weight is 422 g/mol. The Balaban J connectivity index is 1.49. The lowest BCUT2D eigenvalue weighted by Crippen LogP contribution is -2.30. The summed E-state index contributed by atoms with van der Waals surface area (Å²) in [4.78, 5) is 16.8. The third-order valence-corrected chi connectivity index (χ3v) is 6.79. The van der Waals surface area contributed by atoms with Crippen molar-refractivity contribution in [1.29, 1.82) is 0 Å². The van der Waals surface area contributed by atoms with Gasteiger partial charge in [0.15, 0.2) is 0 Å². The summed E-state index contributed by atoms with van der Waals surface area (Å²) in [5.74, 6) is 0.0854. The number of rotatable bonds is 5. The van der Waals surface area contributed by atoms with Gasteiger partial charge in [-0.3, -0.25) is 14.5 Å². The van der Waals surface area contributed by atoms with E-state index in [2.05, 4.69) is 40.1 Å². The molecule has 1 heterocycles. The summed E-state index contributed by atoms with van der Waals surface area (Å²) < 4.78 is 27.6. The van der Waals surface area contributed by atoms with Crippen LogP contribution in [0, 0.1) is 12.8 Å². The van der Waals surface area contributed by atoms with Crippen molar-refractivity contribution in [2.24, 2.45) is 5.92 Å². The molecule has 0 radical (unpaired) electrons. The zero-order valence-electron chi connectivity index (χ0n) is 16.8. The lowest BCUT2D eigenvalue weighted by Gasteiger charge is -2.19. The van der Waals surface area contributed by atoms with Crippen molar-refractivity contribution in [3.63, 3.8) is 0 Å². The van der Waals surface area contributed by atoms with Crippen LogP contribution in [-0.4, -0.2) is 19.3 Å². The van der Waals surface area contributed by atoms with E-state index in [-0.39, 0.29) is 16.8 Å². The van der Waals surface area contributed by atoms with Crippen LogP contribution in [0.5, 0.6) is 0 Å². The van der Waals surface area contributed by atoms with Crippen LogP contribution in [0.25, 0.3) is 0 Å². The zero-order chi connectivity index (χ0) is 21.3. The van der Waals surface area contributed by atoms with Gasteiger partial charge in [0.1, 0.15) is 0 Å². The Labute approximate surface area is 176 Å². The van der Waals surface area contributed by atoms with E-state index in [0.29, 0.717) is 17.2 Å². The molecule has 1 aliphatic carbocycles. The smallest absolute Gasteiger partial charge is 0.261 e. The number of anilines is 1. The van der Waals surface area contributed by atoms with Crippen LogP contribution in [0.2, 0.25) is 0 Å². The summed E-state index contributed by atoms with van der Waals surface area (Å²) in [5.41, 5.74) is 4.44. The third kappa shape index (κ3) is 4.07. The molecule has 0 bridgehead atoms. The number of pyridine rings is 1. The highest BCUT2D eigenvalue weighted by Gasteiger charge is 2.30. The Kier molecular flexibility index (Phi) is 5.30. The molecule has 0 spiro atoms. The predicted molar refractivity (Wildman–Crippen MR) is 116 cm³/mol. The van der Waals surface area contributed by atoms with Gasteiger partial charge >= 0.3 is 0 Å². The molecule has 2 N–H and O–H groups in total. The van der Waals surface area contributed by atoms with Gasteiger partial charge in [-0.05, 0) is 66.8 Å². The highest BCUT2D eigenvalue weighted by molar-refractivity contribution is 7.92. The molecule has 154 valence electrons. The van der Waals surface area contributed by atoms with Gasteiger partial charge in [-0.25, -0.2) is 8.42 Å². The van der Waals surface area contributed by atoms with Crippen LogP contribution in [0.1, 0.15) is 40.0 Å². The number of nitrogens with one attached hydrogen (secondary N) is 2. The van der Waals surface area contributed by atoms with Crippen LogP contribution < -0.4 is 10.0 Å². The molecule has 0 saturated heterocycles. The summed E-state index contributed by atoms with van der Waals surface area (Å²) in [7, 11) is -3.74. The first kappa shape index (κ1) is 20.1. The molecule has 3 aromatic rings. The summed E-state index contributed by atoms with van der Waals surface area (Å²) in [6.07, 6.45) is 3.95. The zero-order valence-corrected chi connectivity index (χ0v) is 17.6. The van der Waals surface area contributed by atoms with Gasteiger partial charge in [0.25, 0.3) is 15.9 Å². The summed E-state index contributed by atoms with van der Waals surface area (Å²) in [5, 5.41) is 3.12. The van der Waals surface area contributed by atoms with E-state index in [4.69, 9.17) is 0 Å². The Hall–Kier alpha value is -3.19. The quantitative estimate of drug-likeness (QED) is 0.655. The molecule has 1 aromatic heterocycles. The van der Waals surface area contributed by atoms with Crippen LogP contribution in [0.15, 0.2) is 71.9 Å². The number of sulfonamides is 1. The van der Waals surface area contributed by atoms with Gasteiger partial charge in [0.05, 0.1) is 16.6 Å². The fraction of sp³-hybridized carbons (Fsp3) is 0.217. The highest BCUT2D eigenvalue weighted by Crippen LogP contribution is 2.36. The van der Waals surface area contributed by atoms with Crippen LogP contribution in [0.3, 0.4) is 0 Å². The second kappa shape index (κ2) is 7.91. The molecular weight excluding hydrogens is 398 g/mol. The fourth-order valence-electron chi connectivity index (χ4n) is 3.83. The minimum absolute atomic E-state index is 0.0517. The second-order valence-corrected chi connectivity index (χ2v) is 9.38. The van der Waals surface area contributed by atoms with E-state index in [0.717, 1.165) is 12.0 Å². The lowest BCUT2D eigenvalue weighted by molar-refractivity contribution is 0.0927. The lowest BCUT2D eigenvalue weighted by atomic mass is 10.0. The van der Waals surface area contributed by atoms with Gasteiger partial charge in [0.2, 0.25) is 0 Å². The van der Waals surface area contributed by atoms with Gasteiger partial charge in [-0.2, -0.15) is 0 Å². The molecule has 0 saturated carbocycles. The molecule has 1 aliphatic rings. The summed E-state index contributed by atoms with van der Waals surface area (Å²) in [6.45, 7) is 4.17. The molecule has 2 aromatic carbocycles. The number of aryl methyl sites for hydroxylation is 1. The van der Waals surface area contributed by atoms with Crippen molar-refractivity contribution in [3.8, 4) is 0 Å². The number of amides is 1. The van der Waals surface area contributed by atoms with Crippen molar-refractivity contribution < 1.29 is 13.2 Å². The molecule has 30 heavy (non-hydrogen) atoms. The topological polar surface area (TPSA) is 88.2 Å². The Morgan fingerprint density at radius 1 is 1.03 bits per heavy atom. The van der Waals surface area contributed by atoms with Crippen molar-refractivity contribution in [2.45, 2.75) is 31.2 Å². The van der Waals surface area contributed by atoms with Crippen LogP contribution in [0.4, 0.5) is 5.69 Å². The van der Waals surface area contributed by atoms with E-state index in [1.165, 1.54) is 47.8 Å². The van der Waals surface area contributed by atoms with Gasteiger partial charge in [0, 0.05) is 18.0 Å². The van der Waals surface area contributed by atoms with Gasteiger partial charge in [-0.1, -0.05) is 30.7 Å². The number of hydrogen-bond donors (Lipinski definition) is 2. The van der Waals surface area contributed by atoms with Gasteiger partial charge in [-0.15, -0.1) is 0 Å². The van der Waals surface area contributed by atoms with E-state index in [9.17, 15) is 13.2 Å². The number of hydrogen-bond acceptors (Lipinski definition) is 4. The number of fused-ring (bicyclic) bond motifs is 1. The van der Waals surface area contributed by atoms with Crippen LogP contribution in [-0.2, 0) is 16.4 Å². The third-order valence-electron chi connectivity index (χ3n) is 5.39. The minimum Gasteiger partial charge on any atom is -0.345 e. The number of aromatic nitrogens is 1. The molecule has 7 heteroatoms. The SMILES string of the molecule is Cc1ccc2c(c1)[C@@H](NC(=O)c1ccc(S(=O)(=O)Nc3ccncc3)cc1)[C@@H](C)C2. The van der Waals surface area contributed by atoms with Crippen molar-refractivity contribution in [2.75, 3.05) is 4.72 Å². The molecule has 0 aliphatic heterocycles. The first-order chi connectivity index (χ1) is 14.3. The largest absolute Gasteiger partial charge is 0.345 e. The maximum absolute atomic E-state index is 12.8. The number of carbonyl (C=O) groups excluding carboxylic acids is 1. The van der Waals surface area contributed by atoms with E-state index < -0.39 is 10.0 Å². The van der Waals surface area contributed by atoms with Crippen LogP contribution >= 0.6 is 0 Å². The number of carbonyl (C=O) groups is 1. The standard InChI is InChI=1S/C23H23N3O3S/c1-15-3-4-18-14-16(2)22(21(18)13-15)25-23(27)17-5-7-20(8-6-17)30(28,29)26-19-9-11-24-12-10-19/h3-13,16,22H,14H2,1-2H3,(H,24,26)(H,25,27)/t16-,22-/m0/s1. The first-order valence-corrected chi connectivity index (χ1v) is 11.2. The normalized spacial score (nSPS) is 17.9. The predicted octanol–water partition coefficient (Wildman–Crippen LogP) is 3.85. The highest BCUT2D eigenvalue weighted by atomic mass is 32.2.